The van der Waals surface area contributed by atoms with E-state index >= 15 is 0 Å². The van der Waals surface area contributed by atoms with Crippen LogP contribution in [-0.4, -0.2) is 18.3 Å². The molecule has 0 saturated carbocycles. The van der Waals surface area contributed by atoms with E-state index < -0.39 is 0 Å². The number of nitrogens with zero attached hydrogens (tertiary/aromatic N) is 3. The number of pyridine rings is 1. The normalized spacial score (nSPS) is 14.1. The molecule has 3 nitrogen and oxygen atoms in total. The summed E-state index contributed by atoms with van der Waals surface area (Å²) in [6.45, 7) is 5.56. The third-order valence-corrected chi connectivity index (χ3v) is 4.11. The smallest absolute Gasteiger partial charge is 0.392 e. The van der Waals surface area contributed by atoms with Crippen molar-refractivity contribution in [2.45, 2.75) is 13.8 Å². The minimum absolute atomic E-state index is 0.210. The van der Waals surface area contributed by atoms with E-state index in [4.69, 9.17) is 0 Å². The number of benzene rings is 1. The molecule has 106 valence electrons. The predicted octanol–water partition coefficient (Wildman–Crippen LogP) is 1.83. The monoisotopic (exact) mass is 278 g/mol. The summed E-state index contributed by atoms with van der Waals surface area (Å²) >= 11 is 0. The van der Waals surface area contributed by atoms with Crippen LogP contribution in [0.3, 0.4) is 0 Å². The Bertz CT molecular complexity index is 669. The SMILES string of the molecule is CCN1C=CN(c2ccccc2C)B1c1cccc[n+]1C. The molecule has 1 aromatic heterocycles. The molecule has 2 heterocycles. The van der Waals surface area contributed by atoms with Crippen molar-refractivity contribution in [1.29, 1.82) is 0 Å². The van der Waals surface area contributed by atoms with Crippen molar-refractivity contribution < 1.29 is 4.57 Å². The van der Waals surface area contributed by atoms with Gasteiger partial charge in [0.2, 0.25) is 0 Å². The molecular formula is C17H21BN3+. The number of aryl methyl sites for hydroxylation is 2. The van der Waals surface area contributed by atoms with Crippen LogP contribution >= 0.6 is 0 Å². The maximum absolute atomic E-state index is 2.36. The van der Waals surface area contributed by atoms with Gasteiger partial charge in [-0.3, -0.25) is 0 Å². The molecule has 3 rings (SSSR count). The highest BCUT2D eigenvalue weighted by atomic mass is 15.3. The molecule has 0 aliphatic carbocycles. The molecule has 2 aromatic rings. The molecule has 21 heavy (non-hydrogen) atoms. The first-order valence-corrected chi connectivity index (χ1v) is 7.45. The Morgan fingerprint density at radius 3 is 2.52 bits per heavy atom. The van der Waals surface area contributed by atoms with Gasteiger partial charge in [-0.25, -0.2) is 4.57 Å². The molecule has 1 aromatic carbocycles. The summed E-state index contributed by atoms with van der Waals surface area (Å²) in [5.74, 6) is 0. The average Bonchev–Trinajstić information content (AvgIpc) is 2.92. The minimum Gasteiger partial charge on any atom is -0.392 e. The van der Waals surface area contributed by atoms with Crippen molar-refractivity contribution in [2.75, 3.05) is 11.4 Å². The topological polar surface area (TPSA) is 10.4 Å². The van der Waals surface area contributed by atoms with E-state index in [1.54, 1.807) is 0 Å². The van der Waals surface area contributed by atoms with Gasteiger partial charge >= 0.3 is 6.98 Å². The van der Waals surface area contributed by atoms with E-state index in [9.17, 15) is 0 Å². The first kappa shape index (κ1) is 13.7. The zero-order valence-corrected chi connectivity index (χ0v) is 12.9. The molecule has 0 amide bonds. The van der Waals surface area contributed by atoms with Gasteiger partial charge in [0.05, 0.1) is 0 Å². The molecule has 0 N–H and O–H groups in total. The average molecular weight is 278 g/mol. The Hall–Kier alpha value is -2.23. The van der Waals surface area contributed by atoms with E-state index in [-0.39, 0.29) is 6.98 Å². The quantitative estimate of drug-likeness (QED) is 0.626. The van der Waals surface area contributed by atoms with E-state index in [2.05, 4.69) is 96.1 Å². The lowest BCUT2D eigenvalue weighted by Gasteiger charge is -2.27. The molecule has 0 fully saturated rings. The second-order valence-corrected chi connectivity index (χ2v) is 5.43. The first-order chi connectivity index (χ1) is 10.2. The number of rotatable bonds is 3. The Morgan fingerprint density at radius 2 is 1.81 bits per heavy atom. The number of aromatic nitrogens is 1. The maximum atomic E-state index is 2.36. The predicted molar refractivity (Wildman–Crippen MR) is 88.2 cm³/mol. The van der Waals surface area contributed by atoms with Gasteiger partial charge < -0.3 is 9.62 Å². The standard InChI is InChI=1S/C17H21BN3/c1-4-20-13-14-21(16-10-6-5-9-15(16)2)18(20)17-11-7-8-12-19(17)3/h5-14H,4H2,1-3H3/q+1. The molecule has 4 heteroatoms. The molecule has 0 spiro atoms. The molecule has 0 atom stereocenters. The lowest BCUT2D eigenvalue weighted by molar-refractivity contribution is -0.654. The summed E-state index contributed by atoms with van der Waals surface area (Å²) in [4.78, 5) is 4.72. The van der Waals surface area contributed by atoms with E-state index in [0.717, 1.165) is 6.54 Å². The number of para-hydroxylation sites is 1. The van der Waals surface area contributed by atoms with E-state index in [0.29, 0.717) is 0 Å². The van der Waals surface area contributed by atoms with Gasteiger partial charge in [0.15, 0.2) is 11.8 Å². The molecule has 1 aliphatic heterocycles. The van der Waals surface area contributed by atoms with Crippen LogP contribution in [0.1, 0.15) is 12.5 Å². The van der Waals surface area contributed by atoms with Crippen LogP contribution in [0.4, 0.5) is 5.69 Å². The number of anilines is 1. The number of hydrogen-bond donors (Lipinski definition) is 0. The Balaban J connectivity index is 2.06. The lowest BCUT2D eigenvalue weighted by Crippen LogP contribution is -2.64. The van der Waals surface area contributed by atoms with Gasteiger partial charge in [-0.2, -0.15) is 0 Å². The summed E-state index contributed by atoms with van der Waals surface area (Å²) in [6.07, 6.45) is 6.48. The third kappa shape index (κ3) is 2.42. The van der Waals surface area contributed by atoms with Crippen LogP contribution in [0, 0.1) is 6.92 Å². The Kier molecular flexibility index (Phi) is 3.69. The fourth-order valence-corrected chi connectivity index (χ4v) is 2.94. The first-order valence-electron chi connectivity index (χ1n) is 7.45. The van der Waals surface area contributed by atoms with Crippen LogP contribution < -0.4 is 15.0 Å². The van der Waals surface area contributed by atoms with E-state index in [1.165, 1.54) is 16.8 Å². The van der Waals surface area contributed by atoms with Crippen LogP contribution in [-0.2, 0) is 7.05 Å². The maximum Gasteiger partial charge on any atom is 0.490 e. The fraction of sp³-hybridized carbons (Fsp3) is 0.235. The van der Waals surface area contributed by atoms with Gasteiger partial charge in [-0.1, -0.05) is 24.3 Å². The summed E-state index contributed by atoms with van der Waals surface area (Å²) in [5.41, 5.74) is 3.84. The van der Waals surface area contributed by atoms with Crippen molar-refractivity contribution in [3.8, 4) is 0 Å². The van der Waals surface area contributed by atoms with E-state index in [1.807, 2.05) is 0 Å². The van der Waals surface area contributed by atoms with Gasteiger partial charge in [0.25, 0.3) is 0 Å². The number of hydrogen-bond acceptors (Lipinski definition) is 2. The molecule has 0 radical (unpaired) electrons. The van der Waals surface area contributed by atoms with Crippen LogP contribution in [0.5, 0.6) is 0 Å². The lowest BCUT2D eigenvalue weighted by atomic mass is 9.68. The largest absolute Gasteiger partial charge is 0.490 e. The summed E-state index contributed by atoms with van der Waals surface area (Å²) < 4.78 is 2.20. The molecule has 0 saturated heterocycles. The highest BCUT2D eigenvalue weighted by Crippen LogP contribution is 2.25. The minimum atomic E-state index is 0.210. The van der Waals surface area contributed by atoms with Crippen LogP contribution in [0.2, 0.25) is 0 Å². The van der Waals surface area contributed by atoms with Crippen LogP contribution in [0.25, 0.3) is 0 Å². The van der Waals surface area contributed by atoms with Gasteiger partial charge in [0, 0.05) is 30.7 Å². The molecule has 0 unspecified atom stereocenters. The highest BCUT2D eigenvalue weighted by molar-refractivity contribution is 6.74. The van der Waals surface area contributed by atoms with Gasteiger partial charge in [0.1, 0.15) is 7.05 Å². The van der Waals surface area contributed by atoms with Crippen molar-refractivity contribution in [3.63, 3.8) is 0 Å². The van der Waals surface area contributed by atoms with Crippen molar-refractivity contribution in [1.82, 2.24) is 4.81 Å². The molecule has 0 bridgehead atoms. The summed E-state index contributed by atoms with van der Waals surface area (Å²) in [6, 6.07) is 14.9. The van der Waals surface area contributed by atoms with Crippen LogP contribution in [0.15, 0.2) is 61.1 Å². The highest BCUT2D eigenvalue weighted by Gasteiger charge is 2.40. The fourth-order valence-electron chi connectivity index (χ4n) is 2.94. The van der Waals surface area contributed by atoms with Crippen molar-refractivity contribution >= 4 is 18.3 Å². The summed E-state index contributed by atoms with van der Waals surface area (Å²) in [5, 5.41) is 0. The Morgan fingerprint density at radius 1 is 1.05 bits per heavy atom. The van der Waals surface area contributed by atoms with Gasteiger partial charge in [-0.05, 0) is 31.5 Å². The van der Waals surface area contributed by atoms with Crippen molar-refractivity contribution in [3.05, 3.63) is 66.6 Å². The van der Waals surface area contributed by atoms with Gasteiger partial charge in [-0.15, -0.1) is 0 Å². The zero-order valence-electron chi connectivity index (χ0n) is 12.9. The molecule has 1 aliphatic rings. The zero-order chi connectivity index (χ0) is 14.8. The second kappa shape index (κ2) is 5.64. The van der Waals surface area contributed by atoms with Crippen molar-refractivity contribution in [2.24, 2.45) is 7.05 Å². The summed E-state index contributed by atoms with van der Waals surface area (Å²) in [7, 11) is 2.11. The second-order valence-electron chi connectivity index (χ2n) is 5.43. The Labute approximate surface area is 127 Å². The third-order valence-electron chi connectivity index (χ3n) is 4.11. The molecular weight excluding hydrogens is 257 g/mol.